The molecule has 0 fully saturated rings. The minimum Gasteiger partial charge on any atom is -0.410 e. The summed E-state index contributed by atoms with van der Waals surface area (Å²) in [5, 5.41) is 10.7. The monoisotopic (exact) mass is 365 g/mol. The Morgan fingerprint density at radius 3 is 2.04 bits per heavy atom. The molecule has 1 amide bonds. The normalized spacial score (nSPS) is 17.9. The summed E-state index contributed by atoms with van der Waals surface area (Å²) in [7, 11) is 0. The van der Waals surface area contributed by atoms with Crippen molar-refractivity contribution < 1.29 is 14.6 Å². The molecule has 1 aliphatic rings. The van der Waals surface area contributed by atoms with Crippen molar-refractivity contribution in [2.75, 3.05) is 0 Å². The number of carbonyl (C=O) groups is 1. The number of aliphatic hydroxyl groups excluding tert-OH is 1. The van der Waals surface area contributed by atoms with E-state index in [9.17, 15) is 9.90 Å². The van der Waals surface area contributed by atoms with E-state index in [0.29, 0.717) is 5.76 Å². The third-order valence-corrected chi connectivity index (χ3v) is 5.07. The Balaban J connectivity index is 3.17. The van der Waals surface area contributed by atoms with Crippen molar-refractivity contribution in [3.8, 4) is 0 Å². The Bertz CT molecular complexity index is 509. The Morgan fingerprint density at radius 2 is 1.65 bits per heavy atom. The highest BCUT2D eigenvalue weighted by Gasteiger charge is 2.28. The van der Waals surface area contributed by atoms with Crippen LogP contribution >= 0.6 is 0 Å². The summed E-state index contributed by atoms with van der Waals surface area (Å²) in [6.45, 7) is 16.2. The quantitative estimate of drug-likeness (QED) is 0.576. The molecule has 0 radical (unpaired) electrons. The molecule has 0 aromatic rings. The van der Waals surface area contributed by atoms with Crippen molar-refractivity contribution in [2.45, 2.75) is 92.8 Å². The van der Waals surface area contributed by atoms with E-state index in [-0.39, 0.29) is 35.9 Å². The maximum Gasteiger partial charge on any atom is 0.415 e. The number of amides is 1. The van der Waals surface area contributed by atoms with Gasteiger partial charge in [0.25, 0.3) is 0 Å². The van der Waals surface area contributed by atoms with Crippen LogP contribution in [0.1, 0.15) is 74.7 Å². The molecule has 0 aliphatic heterocycles. The van der Waals surface area contributed by atoms with Crippen LogP contribution in [-0.4, -0.2) is 34.3 Å². The minimum atomic E-state index is -0.461. The summed E-state index contributed by atoms with van der Waals surface area (Å²) in [6, 6.07) is 0.145. The molecular weight excluding hydrogens is 326 g/mol. The average Bonchev–Trinajstić information content (AvgIpc) is 3.03. The van der Waals surface area contributed by atoms with E-state index in [1.807, 2.05) is 47.6 Å². The number of hydrogen-bond acceptors (Lipinski definition) is 3. The predicted molar refractivity (Wildman–Crippen MR) is 108 cm³/mol. The van der Waals surface area contributed by atoms with Gasteiger partial charge in [-0.3, -0.25) is 0 Å². The molecule has 0 unspecified atom stereocenters. The molecule has 1 N–H and O–H groups in total. The standard InChI is InChI=1S/C22H39NO3/c1-14(2)19(21(24)15(3)4)13-20(18-11-9-10-12-18)26-22(25)23(16(5)6)17(7)8/h11,13-17,19,21,24H,9-10,12H2,1-8H3/b20-13-/t19-,21-/m1/s1. The smallest absolute Gasteiger partial charge is 0.410 e. The van der Waals surface area contributed by atoms with E-state index in [0.717, 1.165) is 24.8 Å². The second-order valence-corrected chi connectivity index (χ2v) is 8.67. The molecule has 0 aromatic carbocycles. The van der Waals surface area contributed by atoms with E-state index in [1.165, 1.54) is 0 Å². The van der Waals surface area contributed by atoms with Gasteiger partial charge in [-0.05, 0) is 70.4 Å². The van der Waals surface area contributed by atoms with Crippen LogP contribution in [0.2, 0.25) is 0 Å². The van der Waals surface area contributed by atoms with Crippen LogP contribution in [0.25, 0.3) is 0 Å². The van der Waals surface area contributed by atoms with Crippen molar-refractivity contribution in [1.29, 1.82) is 0 Å². The molecular formula is C22H39NO3. The maximum absolute atomic E-state index is 12.8. The summed E-state index contributed by atoms with van der Waals surface area (Å²) >= 11 is 0. The van der Waals surface area contributed by atoms with Crippen molar-refractivity contribution in [2.24, 2.45) is 17.8 Å². The first kappa shape index (κ1) is 22.8. The molecule has 1 rings (SSSR count). The number of rotatable bonds is 8. The number of nitrogens with zero attached hydrogens (tertiary/aromatic N) is 1. The highest BCUT2D eigenvalue weighted by molar-refractivity contribution is 5.70. The van der Waals surface area contributed by atoms with Crippen LogP contribution in [0.3, 0.4) is 0 Å². The van der Waals surface area contributed by atoms with Gasteiger partial charge in [0.1, 0.15) is 5.76 Å². The largest absolute Gasteiger partial charge is 0.415 e. The SMILES string of the molecule is CC(C)[C@@H](O)[C@H](/C=C(\OC(=O)N(C(C)C)C(C)C)C1=CCCC1)C(C)C. The van der Waals surface area contributed by atoms with Gasteiger partial charge in [-0.25, -0.2) is 4.79 Å². The third kappa shape index (κ3) is 6.15. The number of hydrogen-bond donors (Lipinski definition) is 1. The Hall–Kier alpha value is -1.29. The van der Waals surface area contributed by atoms with E-state index in [1.54, 1.807) is 4.90 Å². The topological polar surface area (TPSA) is 49.8 Å². The molecule has 4 nitrogen and oxygen atoms in total. The second-order valence-electron chi connectivity index (χ2n) is 8.67. The van der Waals surface area contributed by atoms with Crippen LogP contribution < -0.4 is 0 Å². The lowest BCUT2D eigenvalue weighted by Crippen LogP contribution is -2.42. The second kappa shape index (κ2) is 10.1. The van der Waals surface area contributed by atoms with Crippen molar-refractivity contribution >= 4 is 6.09 Å². The van der Waals surface area contributed by atoms with Gasteiger partial charge in [0.05, 0.1) is 6.10 Å². The van der Waals surface area contributed by atoms with Gasteiger partial charge in [-0.15, -0.1) is 0 Å². The van der Waals surface area contributed by atoms with Crippen LogP contribution in [0.5, 0.6) is 0 Å². The first-order valence-corrected chi connectivity index (χ1v) is 10.2. The van der Waals surface area contributed by atoms with E-state index >= 15 is 0 Å². The van der Waals surface area contributed by atoms with Gasteiger partial charge in [0.2, 0.25) is 0 Å². The number of carbonyl (C=O) groups excluding carboxylic acids is 1. The lowest BCUT2D eigenvalue weighted by Gasteiger charge is -2.31. The van der Waals surface area contributed by atoms with Crippen LogP contribution in [0, 0.1) is 17.8 Å². The van der Waals surface area contributed by atoms with Crippen LogP contribution in [-0.2, 0) is 4.74 Å². The molecule has 4 heteroatoms. The van der Waals surface area contributed by atoms with Crippen molar-refractivity contribution in [3.63, 3.8) is 0 Å². The summed E-state index contributed by atoms with van der Waals surface area (Å²) in [5.74, 6) is 0.994. The third-order valence-electron chi connectivity index (χ3n) is 5.07. The van der Waals surface area contributed by atoms with Gasteiger partial charge in [-0.1, -0.05) is 33.8 Å². The van der Waals surface area contributed by atoms with Crippen molar-refractivity contribution in [1.82, 2.24) is 4.90 Å². The van der Waals surface area contributed by atoms with Crippen LogP contribution in [0.15, 0.2) is 23.5 Å². The summed E-state index contributed by atoms with van der Waals surface area (Å²) in [5.41, 5.74) is 1.09. The highest BCUT2D eigenvalue weighted by atomic mass is 16.6. The van der Waals surface area contributed by atoms with Gasteiger partial charge in [-0.2, -0.15) is 0 Å². The number of allylic oxidation sites excluding steroid dienone is 2. The first-order chi connectivity index (χ1) is 12.1. The fourth-order valence-corrected chi connectivity index (χ4v) is 3.57. The minimum absolute atomic E-state index is 0.0501. The summed E-state index contributed by atoms with van der Waals surface area (Å²) < 4.78 is 5.90. The van der Waals surface area contributed by atoms with E-state index in [4.69, 9.17) is 4.74 Å². The van der Waals surface area contributed by atoms with E-state index in [2.05, 4.69) is 19.9 Å². The van der Waals surface area contributed by atoms with Gasteiger partial charge < -0.3 is 14.7 Å². The number of aliphatic hydroxyl groups is 1. The number of ether oxygens (including phenoxy) is 1. The Morgan fingerprint density at radius 1 is 1.08 bits per heavy atom. The zero-order chi connectivity index (χ0) is 20.0. The predicted octanol–water partition coefficient (Wildman–Crippen LogP) is 5.53. The summed E-state index contributed by atoms with van der Waals surface area (Å²) in [4.78, 5) is 14.6. The molecule has 0 bridgehead atoms. The molecule has 0 saturated heterocycles. The molecule has 1 aliphatic carbocycles. The van der Waals surface area contributed by atoms with Crippen molar-refractivity contribution in [3.05, 3.63) is 23.5 Å². The highest BCUT2D eigenvalue weighted by Crippen LogP contribution is 2.31. The molecule has 150 valence electrons. The van der Waals surface area contributed by atoms with Gasteiger partial charge in [0, 0.05) is 18.0 Å². The molecule has 0 aromatic heterocycles. The zero-order valence-corrected chi connectivity index (χ0v) is 18.0. The van der Waals surface area contributed by atoms with E-state index < -0.39 is 6.10 Å². The molecule has 0 spiro atoms. The Kier molecular flexibility index (Phi) is 8.88. The van der Waals surface area contributed by atoms with Gasteiger partial charge >= 0.3 is 6.09 Å². The molecule has 0 heterocycles. The maximum atomic E-state index is 12.8. The van der Waals surface area contributed by atoms with Gasteiger partial charge in [0.15, 0.2) is 0 Å². The average molecular weight is 366 g/mol. The fourth-order valence-electron chi connectivity index (χ4n) is 3.57. The molecule has 0 saturated carbocycles. The lowest BCUT2D eigenvalue weighted by atomic mass is 9.84. The molecule has 26 heavy (non-hydrogen) atoms. The lowest BCUT2D eigenvalue weighted by molar-refractivity contribution is 0.0617. The molecule has 2 atom stereocenters. The first-order valence-electron chi connectivity index (χ1n) is 10.2. The fraction of sp³-hybridized carbons (Fsp3) is 0.773. The van der Waals surface area contributed by atoms with Crippen LogP contribution in [0.4, 0.5) is 4.79 Å². The zero-order valence-electron chi connectivity index (χ0n) is 18.0. The Labute approximate surface area is 160 Å². The summed E-state index contributed by atoms with van der Waals surface area (Å²) in [6.07, 6.45) is 6.40.